The zero-order chi connectivity index (χ0) is 18.9. The van der Waals surface area contributed by atoms with Crippen LogP contribution >= 0.6 is 0 Å². The maximum atomic E-state index is 14.1. The van der Waals surface area contributed by atoms with Crippen LogP contribution in [0.3, 0.4) is 0 Å². The summed E-state index contributed by atoms with van der Waals surface area (Å²) in [6, 6.07) is 19.1. The SMILES string of the molecule is O=c1nc(NCOCc2ccccc2)c(F)cn1COCc1ccccc1. The Balaban J connectivity index is 1.49. The van der Waals surface area contributed by atoms with E-state index in [0.29, 0.717) is 13.2 Å². The van der Waals surface area contributed by atoms with Gasteiger partial charge in [0.25, 0.3) is 0 Å². The van der Waals surface area contributed by atoms with Crippen molar-refractivity contribution in [1.82, 2.24) is 9.55 Å². The van der Waals surface area contributed by atoms with Crippen LogP contribution in [0.25, 0.3) is 0 Å². The Morgan fingerprint density at radius 3 is 2.15 bits per heavy atom. The summed E-state index contributed by atoms with van der Waals surface area (Å²) in [4.78, 5) is 15.7. The second-order valence-electron chi connectivity index (χ2n) is 5.81. The standard InChI is InChI=1S/C20H20FN3O3/c21-18-11-24(15-27-13-17-9-5-2-6-10-17)20(25)23-19(18)22-14-26-12-16-7-3-1-4-8-16/h1-11H,12-15H2,(H,22,23,25). The zero-order valence-electron chi connectivity index (χ0n) is 14.7. The van der Waals surface area contributed by atoms with Crippen LogP contribution in [0.2, 0.25) is 0 Å². The van der Waals surface area contributed by atoms with Gasteiger partial charge >= 0.3 is 5.69 Å². The lowest BCUT2D eigenvalue weighted by Gasteiger charge is -2.10. The molecule has 0 unspecified atom stereocenters. The summed E-state index contributed by atoms with van der Waals surface area (Å²) in [5, 5.41) is 2.67. The van der Waals surface area contributed by atoms with Crippen LogP contribution in [-0.2, 0) is 29.4 Å². The number of hydrogen-bond acceptors (Lipinski definition) is 5. The maximum Gasteiger partial charge on any atom is 0.351 e. The number of halogens is 1. The van der Waals surface area contributed by atoms with Gasteiger partial charge < -0.3 is 14.8 Å². The highest BCUT2D eigenvalue weighted by Crippen LogP contribution is 2.08. The first kappa shape index (κ1) is 18.8. The average Bonchev–Trinajstić information content (AvgIpc) is 2.70. The van der Waals surface area contributed by atoms with Crippen molar-refractivity contribution in [3.63, 3.8) is 0 Å². The molecule has 0 radical (unpaired) electrons. The molecular weight excluding hydrogens is 349 g/mol. The fourth-order valence-electron chi connectivity index (χ4n) is 2.38. The normalized spacial score (nSPS) is 10.7. The predicted molar refractivity (Wildman–Crippen MR) is 99.4 cm³/mol. The third kappa shape index (κ3) is 5.73. The molecule has 1 heterocycles. The van der Waals surface area contributed by atoms with Crippen LogP contribution < -0.4 is 11.0 Å². The van der Waals surface area contributed by atoms with Crippen LogP contribution in [0.1, 0.15) is 11.1 Å². The molecule has 2 aromatic carbocycles. The molecule has 0 fully saturated rings. The van der Waals surface area contributed by atoms with Gasteiger partial charge in [0, 0.05) is 0 Å². The summed E-state index contributed by atoms with van der Waals surface area (Å²) in [7, 11) is 0. The minimum absolute atomic E-state index is 0.0345. The van der Waals surface area contributed by atoms with E-state index in [0.717, 1.165) is 21.9 Å². The van der Waals surface area contributed by atoms with Crippen molar-refractivity contribution < 1.29 is 13.9 Å². The van der Waals surface area contributed by atoms with E-state index in [1.807, 2.05) is 60.7 Å². The van der Waals surface area contributed by atoms with Crippen LogP contribution in [0.5, 0.6) is 0 Å². The molecular formula is C20H20FN3O3. The Morgan fingerprint density at radius 2 is 1.52 bits per heavy atom. The number of nitrogens with one attached hydrogen (secondary N) is 1. The van der Waals surface area contributed by atoms with Crippen molar-refractivity contribution in [2.75, 3.05) is 12.0 Å². The molecule has 0 amide bonds. The van der Waals surface area contributed by atoms with Crippen LogP contribution in [0, 0.1) is 5.82 Å². The van der Waals surface area contributed by atoms with Gasteiger partial charge in [-0.2, -0.15) is 4.98 Å². The van der Waals surface area contributed by atoms with Crippen molar-refractivity contribution in [1.29, 1.82) is 0 Å². The van der Waals surface area contributed by atoms with Gasteiger partial charge in [-0.1, -0.05) is 60.7 Å². The lowest BCUT2D eigenvalue weighted by molar-refractivity contribution is 0.0602. The van der Waals surface area contributed by atoms with Crippen molar-refractivity contribution in [3.8, 4) is 0 Å². The smallest absolute Gasteiger partial charge is 0.351 e. The Morgan fingerprint density at radius 1 is 0.926 bits per heavy atom. The maximum absolute atomic E-state index is 14.1. The molecule has 0 bridgehead atoms. The first-order valence-electron chi connectivity index (χ1n) is 8.46. The summed E-state index contributed by atoms with van der Waals surface area (Å²) in [5.74, 6) is -0.798. The minimum Gasteiger partial charge on any atom is -0.357 e. The Kier molecular flexibility index (Phi) is 6.67. The number of hydrogen-bond donors (Lipinski definition) is 1. The molecule has 3 rings (SSSR count). The average molecular weight is 369 g/mol. The van der Waals surface area contributed by atoms with Gasteiger partial charge in [-0.3, -0.25) is 4.57 Å². The first-order chi connectivity index (χ1) is 13.2. The van der Waals surface area contributed by atoms with E-state index in [1.54, 1.807) is 0 Å². The van der Waals surface area contributed by atoms with Crippen molar-refractivity contribution >= 4 is 5.82 Å². The highest BCUT2D eigenvalue weighted by atomic mass is 19.1. The van der Waals surface area contributed by atoms with E-state index in [-0.39, 0.29) is 19.3 Å². The van der Waals surface area contributed by atoms with E-state index in [2.05, 4.69) is 10.3 Å². The largest absolute Gasteiger partial charge is 0.357 e. The fourth-order valence-corrected chi connectivity index (χ4v) is 2.38. The molecule has 0 aliphatic carbocycles. The van der Waals surface area contributed by atoms with Crippen LogP contribution in [0.4, 0.5) is 10.2 Å². The van der Waals surface area contributed by atoms with Gasteiger partial charge in [0.2, 0.25) is 0 Å². The highest BCUT2D eigenvalue weighted by Gasteiger charge is 2.08. The zero-order valence-corrected chi connectivity index (χ0v) is 14.7. The lowest BCUT2D eigenvalue weighted by Crippen LogP contribution is -2.26. The molecule has 0 saturated heterocycles. The van der Waals surface area contributed by atoms with Gasteiger partial charge in [-0.25, -0.2) is 9.18 Å². The topological polar surface area (TPSA) is 65.4 Å². The number of aromatic nitrogens is 2. The van der Waals surface area contributed by atoms with E-state index in [9.17, 15) is 9.18 Å². The molecule has 0 aliphatic heterocycles. The summed E-state index contributed by atoms with van der Waals surface area (Å²) >= 11 is 0. The molecule has 1 aromatic heterocycles. The van der Waals surface area contributed by atoms with Crippen LogP contribution in [0.15, 0.2) is 71.7 Å². The minimum atomic E-state index is -0.652. The van der Waals surface area contributed by atoms with E-state index < -0.39 is 11.5 Å². The quantitative estimate of drug-likeness (QED) is 0.464. The molecule has 0 saturated carbocycles. The highest BCUT2D eigenvalue weighted by molar-refractivity contribution is 5.33. The van der Waals surface area contributed by atoms with Crippen molar-refractivity contribution in [3.05, 3.63) is 94.3 Å². The molecule has 1 N–H and O–H groups in total. The van der Waals surface area contributed by atoms with Gasteiger partial charge in [-0.15, -0.1) is 0 Å². The predicted octanol–water partition coefficient (Wildman–Crippen LogP) is 3.14. The number of anilines is 1. The summed E-state index contributed by atoms with van der Waals surface area (Å²) in [6.45, 7) is 0.650. The Labute approximate surface area is 156 Å². The summed E-state index contributed by atoms with van der Waals surface area (Å²) in [5.41, 5.74) is 1.36. The molecule has 140 valence electrons. The summed E-state index contributed by atoms with van der Waals surface area (Å²) < 4.78 is 26.1. The third-order valence-corrected chi connectivity index (χ3v) is 3.74. The summed E-state index contributed by atoms with van der Waals surface area (Å²) in [6.07, 6.45) is 1.07. The second-order valence-corrected chi connectivity index (χ2v) is 5.81. The van der Waals surface area contributed by atoms with E-state index in [4.69, 9.17) is 9.47 Å². The van der Waals surface area contributed by atoms with E-state index >= 15 is 0 Å². The number of benzene rings is 2. The van der Waals surface area contributed by atoms with Crippen molar-refractivity contribution in [2.24, 2.45) is 0 Å². The lowest BCUT2D eigenvalue weighted by atomic mass is 10.2. The third-order valence-electron chi connectivity index (χ3n) is 3.74. The van der Waals surface area contributed by atoms with Gasteiger partial charge in [0.15, 0.2) is 11.6 Å². The second kappa shape index (κ2) is 9.61. The molecule has 27 heavy (non-hydrogen) atoms. The number of ether oxygens (including phenoxy) is 2. The molecule has 0 spiro atoms. The molecule has 0 atom stereocenters. The van der Waals surface area contributed by atoms with Gasteiger partial charge in [0.05, 0.1) is 19.4 Å². The molecule has 6 nitrogen and oxygen atoms in total. The van der Waals surface area contributed by atoms with Crippen LogP contribution in [-0.4, -0.2) is 16.3 Å². The fraction of sp³-hybridized carbons (Fsp3) is 0.200. The Bertz CT molecular complexity index is 901. The first-order valence-corrected chi connectivity index (χ1v) is 8.46. The number of rotatable bonds is 9. The molecule has 0 aliphatic rings. The number of nitrogens with zero attached hydrogens (tertiary/aromatic N) is 2. The monoisotopic (exact) mass is 369 g/mol. The van der Waals surface area contributed by atoms with Crippen molar-refractivity contribution in [2.45, 2.75) is 19.9 Å². The van der Waals surface area contributed by atoms with Gasteiger partial charge in [0.1, 0.15) is 13.5 Å². The molecule has 7 heteroatoms. The molecule has 3 aromatic rings. The van der Waals surface area contributed by atoms with E-state index in [1.165, 1.54) is 0 Å². The Hall–Kier alpha value is -3.03. The van der Waals surface area contributed by atoms with Gasteiger partial charge in [-0.05, 0) is 11.1 Å².